The molecule has 0 aliphatic heterocycles. The van der Waals surface area contributed by atoms with Crippen LogP contribution in [-0.4, -0.2) is 15.3 Å². The summed E-state index contributed by atoms with van der Waals surface area (Å²) in [5.74, 6) is -0.477. The summed E-state index contributed by atoms with van der Waals surface area (Å²) in [6, 6.07) is 10.1. The third-order valence-electron chi connectivity index (χ3n) is 3.74. The van der Waals surface area contributed by atoms with Gasteiger partial charge in [-0.15, -0.1) is 0 Å². The fourth-order valence-electron chi connectivity index (χ4n) is 2.50. The lowest BCUT2D eigenvalue weighted by molar-refractivity contribution is 0.1000. The van der Waals surface area contributed by atoms with Crippen LogP contribution in [0.1, 0.15) is 21.6 Å². The molecule has 0 spiro atoms. The fraction of sp³-hybridized carbons (Fsp3) is 0.118. The van der Waals surface area contributed by atoms with Gasteiger partial charge < -0.3 is 11.1 Å². The number of hydrogen-bond donors (Lipinski definition) is 2. The summed E-state index contributed by atoms with van der Waals surface area (Å²) in [6.45, 7) is 2.16. The van der Waals surface area contributed by atoms with Gasteiger partial charge in [-0.1, -0.05) is 17.7 Å². The Kier molecular flexibility index (Phi) is 4.22. The molecule has 2 heterocycles. The van der Waals surface area contributed by atoms with Gasteiger partial charge in [0.05, 0.1) is 17.3 Å². The van der Waals surface area contributed by atoms with Gasteiger partial charge in [0.1, 0.15) is 5.65 Å². The van der Waals surface area contributed by atoms with Crippen LogP contribution in [0.2, 0.25) is 5.02 Å². The van der Waals surface area contributed by atoms with E-state index in [9.17, 15) is 9.59 Å². The number of carbonyl (C=O) groups is 1. The highest BCUT2D eigenvalue weighted by Crippen LogP contribution is 2.19. The van der Waals surface area contributed by atoms with Crippen molar-refractivity contribution < 1.29 is 4.79 Å². The smallest absolute Gasteiger partial charge is 0.258 e. The molecule has 0 fully saturated rings. The molecule has 3 N–H and O–H groups in total. The number of hydrogen-bond acceptors (Lipinski definition) is 4. The molecule has 1 amide bonds. The van der Waals surface area contributed by atoms with Crippen molar-refractivity contribution in [2.75, 3.05) is 5.32 Å². The maximum absolute atomic E-state index is 12.1. The lowest BCUT2D eigenvalue weighted by Gasteiger charge is -2.12. The van der Waals surface area contributed by atoms with E-state index < -0.39 is 5.91 Å². The summed E-state index contributed by atoms with van der Waals surface area (Å²) < 4.78 is 1.39. The molecule has 1 aromatic carbocycles. The Labute approximate surface area is 142 Å². The third-order valence-corrected chi connectivity index (χ3v) is 3.96. The topological polar surface area (TPSA) is 89.5 Å². The number of carbonyl (C=O) groups excluding carboxylic acids is 1. The Balaban J connectivity index is 1.89. The molecule has 3 rings (SSSR count). The largest absolute Gasteiger partial charge is 0.379 e. The van der Waals surface area contributed by atoms with E-state index in [1.54, 1.807) is 24.3 Å². The first kappa shape index (κ1) is 16.0. The predicted molar refractivity (Wildman–Crippen MR) is 93.5 cm³/mol. The number of nitrogens with one attached hydrogen (secondary N) is 1. The monoisotopic (exact) mass is 342 g/mol. The van der Waals surface area contributed by atoms with Crippen LogP contribution in [-0.2, 0) is 6.54 Å². The van der Waals surface area contributed by atoms with Crippen LogP contribution in [0.25, 0.3) is 5.65 Å². The number of amides is 1. The summed E-state index contributed by atoms with van der Waals surface area (Å²) in [5, 5.41) is 3.65. The second kappa shape index (κ2) is 6.33. The molecule has 122 valence electrons. The number of nitrogens with two attached hydrogens (primary N) is 1. The number of primary amides is 1. The van der Waals surface area contributed by atoms with Crippen molar-refractivity contribution in [1.29, 1.82) is 0 Å². The zero-order valence-electron chi connectivity index (χ0n) is 12.9. The highest BCUT2D eigenvalue weighted by atomic mass is 35.5. The lowest BCUT2D eigenvalue weighted by Crippen LogP contribution is -2.17. The number of pyridine rings is 1. The minimum Gasteiger partial charge on any atom is -0.379 e. The second-order valence-electron chi connectivity index (χ2n) is 5.36. The Morgan fingerprint density at radius 2 is 2.12 bits per heavy atom. The number of rotatable bonds is 4. The first-order chi connectivity index (χ1) is 11.5. The fourth-order valence-corrected chi connectivity index (χ4v) is 2.66. The summed E-state index contributed by atoms with van der Waals surface area (Å²) in [5.41, 5.74) is 8.24. The maximum atomic E-state index is 12.1. The number of anilines is 1. The van der Waals surface area contributed by atoms with Crippen molar-refractivity contribution >= 4 is 28.8 Å². The van der Waals surface area contributed by atoms with Crippen LogP contribution in [0.5, 0.6) is 0 Å². The van der Waals surface area contributed by atoms with Crippen LogP contribution < -0.4 is 16.6 Å². The van der Waals surface area contributed by atoms with Crippen molar-refractivity contribution in [3.8, 4) is 0 Å². The van der Waals surface area contributed by atoms with Gasteiger partial charge in [0, 0.05) is 23.5 Å². The second-order valence-corrected chi connectivity index (χ2v) is 5.79. The van der Waals surface area contributed by atoms with Crippen molar-refractivity contribution in [2.24, 2.45) is 5.73 Å². The molecule has 0 aliphatic carbocycles. The standard InChI is InChI=1S/C17H15ClN4O2/c1-10-13(17(19)24)3-2-4-14(10)20-8-12-7-16(23)22-9-11(18)5-6-15(22)21-12/h2-7,9,20H,8H2,1H3,(H2,19,24). The Morgan fingerprint density at radius 1 is 1.33 bits per heavy atom. The number of fused-ring (bicyclic) bond motifs is 1. The molecule has 0 saturated heterocycles. The van der Waals surface area contributed by atoms with E-state index in [-0.39, 0.29) is 5.56 Å². The third kappa shape index (κ3) is 3.09. The van der Waals surface area contributed by atoms with Crippen molar-refractivity contribution in [3.63, 3.8) is 0 Å². The summed E-state index contributed by atoms with van der Waals surface area (Å²) in [6.07, 6.45) is 1.53. The molecule has 0 unspecified atom stereocenters. The van der Waals surface area contributed by atoms with Gasteiger partial charge in [-0.25, -0.2) is 4.98 Å². The number of nitrogens with zero attached hydrogens (tertiary/aromatic N) is 2. The number of benzene rings is 1. The van der Waals surface area contributed by atoms with E-state index in [0.717, 1.165) is 11.3 Å². The molecule has 6 nitrogen and oxygen atoms in total. The minimum atomic E-state index is -0.477. The van der Waals surface area contributed by atoms with E-state index in [1.165, 1.54) is 16.7 Å². The van der Waals surface area contributed by atoms with Crippen LogP contribution in [0.15, 0.2) is 47.4 Å². The Morgan fingerprint density at radius 3 is 2.88 bits per heavy atom. The van der Waals surface area contributed by atoms with Gasteiger partial charge in [0.25, 0.3) is 5.56 Å². The Hall–Kier alpha value is -2.86. The van der Waals surface area contributed by atoms with Gasteiger partial charge in [0.15, 0.2) is 0 Å². The molecule has 0 atom stereocenters. The molecule has 0 aliphatic rings. The molecule has 0 radical (unpaired) electrons. The summed E-state index contributed by atoms with van der Waals surface area (Å²) in [4.78, 5) is 28.0. The van der Waals surface area contributed by atoms with Crippen LogP contribution in [0.3, 0.4) is 0 Å². The molecule has 0 saturated carbocycles. The highest BCUT2D eigenvalue weighted by Gasteiger charge is 2.09. The van der Waals surface area contributed by atoms with E-state index in [1.807, 2.05) is 13.0 Å². The van der Waals surface area contributed by atoms with E-state index in [2.05, 4.69) is 10.3 Å². The molecule has 7 heteroatoms. The normalized spacial score (nSPS) is 10.8. The molecule has 3 aromatic rings. The van der Waals surface area contributed by atoms with Gasteiger partial charge >= 0.3 is 0 Å². The average Bonchev–Trinajstić information content (AvgIpc) is 2.54. The number of aromatic nitrogens is 2. The zero-order chi connectivity index (χ0) is 17.3. The van der Waals surface area contributed by atoms with E-state index in [0.29, 0.717) is 28.5 Å². The van der Waals surface area contributed by atoms with Gasteiger partial charge in [-0.05, 0) is 36.8 Å². The zero-order valence-corrected chi connectivity index (χ0v) is 13.7. The van der Waals surface area contributed by atoms with Crippen LogP contribution >= 0.6 is 11.6 Å². The van der Waals surface area contributed by atoms with Gasteiger partial charge in [0.2, 0.25) is 5.91 Å². The minimum absolute atomic E-state index is 0.207. The Bertz CT molecular complexity index is 998. The first-order valence-electron chi connectivity index (χ1n) is 7.27. The predicted octanol–water partition coefficient (Wildman–Crippen LogP) is 2.37. The molecular weight excluding hydrogens is 328 g/mol. The SMILES string of the molecule is Cc1c(NCc2cc(=O)n3cc(Cl)ccc3n2)cccc1C(N)=O. The average molecular weight is 343 g/mol. The molecule has 2 aromatic heterocycles. The van der Waals surface area contributed by atoms with E-state index in [4.69, 9.17) is 17.3 Å². The summed E-state index contributed by atoms with van der Waals surface area (Å²) in [7, 11) is 0. The van der Waals surface area contributed by atoms with Gasteiger partial charge in [-0.2, -0.15) is 0 Å². The van der Waals surface area contributed by atoms with E-state index >= 15 is 0 Å². The molecule has 0 bridgehead atoms. The van der Waals surface area contributed by atoms with Crippen LogP contribution in [0, 0.1) is 6.92 Å². The summed E-state index contributed by atoms with van der Waals surface area (Å²) >= 11 is 5.89. The first-order valence-corrected chi connectivity index (χ1v) is 7.64. The quantitative estimate of drug-likeness (QED) is 0.761. The van der Waals surface area contributed by atoms with Crippen molar-refractivity contribution in [3.05, 3.63) is 74.8 Å². The maximum Gasteiger partial charge on any atom is 0.258 e. The molecular formula is C17H15ClN4O2. The van der Waals surface area contributed by atoms with Crippen LogP contribution in [0.4, 0.5) is 5.69 Å². The van der Waals surface area contributed by atoms with Crippen molar-refractivity contribution in [2.45, 2.75) is 13.5 Å². The lowest BCUT2D eigenvalue weighted by atomic mass is 10.1. The highest BCUT2D eigenvalue weighted by molar-refractivity contribution is 6.30. The van der Waals surface area contributed by atoms with Gasteiger partial charge in [-0.3, -0.25) is 14.0 Å². The number of halogens is 1. The molecule has 24 heavy (non-hydrogen) atoms. The van der Waals surface area contributed by atoms with Crippen molar-refractivity contribution in [1.82, 2.24) is 9.38 Å².